The molecule has 204 valence electrons. The summed E-state index contributed by atoms with van der Waals surface area (Å²) in [5.74, 6) is 0.370. The Morgan fingerprint density at radius 1 is 0.535 bits per heavy atom. The van der Waals surface area contributed by atoms with Crippen molar-refractivity contribution in [1.82, 2.24) is 0 Å². The molecule has 0 bridgehead atoms. The summed E-state index contributed by atoms with van der Waals surface area (Å²) in [6.45, 7) is 0. The van der Waals surface area contributed by atoms with Gasteiger partial charge in [0.25, 0.3) is 0 Å². The highest BCUT2D eigenvalue weighted by molar-refractivity contribution is 6.08. The predicted molar refractivity (Wildman–Crippen MR) is 180 cm³/mol. The third-order valence-electron chi connectivity index (χ3n) is 9.35. The van der Waals surface area contributed by atoms with E-state index in [9.17, 15) is 0 Å². The molecule has 2 atom stereocenters. The zero-order valence-corrected chi connectivity index (χ0v) is 23.8. The summed E-state index contributed by atoms with van der Waals surface area (Å²) in [6, 6.07) is 49.1. The number of benzene rings is 6. The molecule has 0 saturated heterocycles. The van der Waals surface area contributed by atoms with Gasteiger partial charge in [0.15, 0.2) is 0 Å². The van der Waals surface area contributed by atoms with E-state index in [0.717, 1.165) is 17.8 Å². The lowest BCUT2D eigenvalue weighted by Gasteiger charge is -2.30. The Morgan fingerprint density at radius 2 is 1.21 bits per heavy atom. The molecule has 2 aliphatic carbocycles. The first-order valence-corrected chi connectivity index (χ1v) is 15.2. The molecule has 43 heavy (non-hydrogen) atoms. The van der Waals surface area contributed by atoms with Crippen molar-refractivity contribution in [2.24, 2.45) is 0 Å². The monoisotopic (exact) mass is 550 g/mol. The fourth-order valence-electron chi connectivity index (χ4n) is 7.55. The fourth-order valence-corrected chi connectivity index (χ4v) is 7.55. The van der Waals surface area contributed by atoms with Gasteiger partial charge in [0.05, 0.1) is 6.04 Å². The molecule has 2 unspecified atom stereocenters. The van der Waals surface area contributed by atoms with Crippen LogP contribution in [0.4, 0.5) is 28.4 Å². The quantitative estimate of drug-likeness (QED) is 0.215. The van der Waals surface area contributed by atoms with Crippen molar-refractivity contribution in [2.75, 3.05) is 9.80 Å². The second-order valence-electron chi connectivity index (χ2n) is 11.7. The molecule has 0 radical (unpaired) electrons. The van der Waals surface area contributed by atoms with Crippen molar-refractivity contribution in [3.8, 4) is 11.1 Å². The first-order chi connectivity index (χ1) is 21.3. The molecule has 6 aromatic carbocycles. The van der Waals surface area contributed by atoms with Crippen LogP contribution in [0.1, 0.15) is 22.6 Å². The number of rotatable bonds is 4. The lowest BCUT2D eigenvalue weighted by atomic mass is 9.91. The largest absolute Gasteiger partial charge is 0.333 e. The average molecular weight is 551 g/mol. The lowest BCUT2D eigenvalue weighted by molar-refractivity contribution is 0.746. The van der Waals surface area contributed by atoms with Crippen LogP contribution >= 0.6 is 0 Å². The van der Waals surface area contributed by atoms with Crippen molar-refractivity contribution >= 4 is 39.2 Å². The van der Waals surface area contributed by atoms with E-state index in [1.165, 1.54) is 55.7 Å². The van der Waals surface area contributed by atoms with Crippen LogP contribution in [0.3, 0.4) is 0 Å². The number of anilines is 5. The third-order valence-corrected chi connectivity index (χ3v) is 9.35. The van der Waals surface area contributed by atoms with Crippen molar-refractivity contribution in [3.05, 3.63) is 174 Å². The van der Waals surface area contributed by atoms with Crippen LogP contribution in [0.15, 0.2) is 158 Å². The molecule has 1 aliphatic heterocycles. The molecule has 6 aromatic rings. The molecule has 2 nitrogen and oxygen atoms in total. The highest BCUT2D eigenvalue weighted by atomic mass is 15.2. The molecule has 0 saturated carbocycles. The van der Waals surface area contributed by atoms with Gasteiger partial charge in [-0.25, -0.2) is 0 Å². The Kier molecular flexibility index (Phi) is 5.42. The average Bonchev–Trinajstić information content (AvgIpc) is 3.61. The maximum atomic E-state index is 2.59. The Morgan fingerprint density at radius 3 is 2.00 bits per heavy atom. The van der Waals surface area contributed by atoms with Crippen molar-refractivity contribution < 1.29 is 0 Å². The summed E-state index contributed by atoms with van der Waals surface area (Å²) in [5.41, 5.74) is 13.1. The zero-order chi connectivity index (χ0) is 28.3. The van der Waals surface area contributed by atoms with Gasteiger partial charge >= 0.3 is 0 Å². The fraction of sp³-hybridized carbons (Fsp3) is 0.0732. The lowest BCUT2D eigenvalue weighted by Crippen LogP contribution is -2.28. The van der Waals surface area contributed by atoms with E-state index in [1.54, 1.807) is 0 Å². The van der Waals surface area contributed by atoms with Crippen LogP contribution in [-0.4, -0.2) is 6.04 Å². The molecular weight excluding hydrogens is 520 g/mol. The van der Waals surface area contributed by atoms with E-state index < -0.39 is 0 Å². The van der Waals surface area contributed by atoms with Crippen LogP contribution < -0.4 is 9.80 Å². The predicted octanol–water partition coefficient (Wildman–Crippen LogP) is 10.6. The van der Waals surface area contributed by atoms with Crippen LogP contribution in [0.25, 0.3) is 21.9 Å². The number of nitrogens with zero attached hydrogens (tertiary/aromatic N) is 2. The SMILES string of the molecule is C1=CC2c3ccccc3N(c3cc4c(c5ccccc35)-c3ccc(N(c5ccccc5)c5ccccc5)cc3C4)C2C=C1. The molecule has 2 heteroatoms. The van der Waals surface area contributed by atoms with E-state index in [4.69, 9.17) is 0 Å². The van der Waals surface area contributed by atoms with E-state index in [-0.39, 0.29) is 6.04 Å². The van der Waals surface area contributed by atoms with Gasteiger partial charge in [-0.15, -0.1) is 0 Å². The number of hydrogen-bond donors (Lipinski definition) is 0. The van der Waals surface area contributed by atoms with Gasteiger partial charge in [-0.2, -0.15) is 0 Å². The summed E-state index contributed by atoms with van der Waals surface area (Å²) in [4.78, 5) is 4.95. The van der Waals surface area contributed by atoms with Gasteiger partial charge in [0, 0.05) is 39.7 Å². The Hall–Kier alpha value is -5.34. The summed E-state index contributed by atoms with van der Waals surface area (Å²) in [6.07, 6.45) is 10.1. The Bertz CT molecular complexity index is 2030. The van der Waals surface area contributed by atoms with Gasteiger partial charge in [-0.1, -0.05) is 109 Å². The molecule has 0 N–H and O–H groups in total. The maximum Gasteiger partial charge on any atom is 0.0629 e. The van der Waals surface area contributed by atoms with Crippen molar-refractivity contribution in [1.29, 1.82) is 0 Å². The van der Waals surface area contributed by atoms with Crippen LogP contribution in [0, 0.1) is 0 Å². The summed E-state index contributed by atoms with van der Waals surface area (Å²) >= 11 is 0. The maximum absolute atomic E-state index is 2.59. The van der Waals surface area contributed by atoms with Crippen LogP contribution in [0.2, 0.25) is 0 Å². The van der Waals surface area contributed by atoms with E-state index in [2.05, 4.69) is 168 Å². The van der Waals surface area contributed by atoms with Gasteiger partial charge in [0.2, 0.25) is 0 Å². The molecule has 0 fully saturated rings. The molecule has 3 aliphatic rings. The second kappa shape index (κ2) is 9.61. The minimum absolute atomic E-state index is 0.282. The molecule has 0 aromatic heterocycles. The van der Waals surface area contributed by atoms with Gasteiger partial charge < -0.3 is 9.80 Å². The molecular formula is C41H30N2. The standard InChI is InChI=1S/C41H30N2/c1-3-13-30(14-4-1)42(31-15-5-2-6-16-31)32-23-24-33-28(26-32)25-29-27-40(36-19-7-8-20-37(36)41(29)33)43-38-21-11-9-17-34(38)35-18-10-12-22-39(35)43/h1-24,26-27,34,38H,25H2. The Labute approximate surface area is 252 Å². The number of fused-ring (bicyclic) bond motifs is 8. The number of para-hydroxylation sites is 3. The summed E-state index contributed by atoms with van der Waals surface area (Å²) < 4.78 is 0. The van der Waals surface area contributed by atoms with Gasteiger partial charge in [-0.3, -0.25) is 0 Å². The van der Waals surface area contributed by atoms with Crippen LogP contribution in [0.5, 0.6) is 0 Å². The number of hydrogen-bond acceptors (Lipinski definition) is 2. The molecule has 0 amide bonds. The molecule has 9 rings (SSSR count). The van der Waals surface area contributed by atoms with E-state index in [1.807, 2.05) is 0 Å². The topological polar surface area (TPSA) is 6.48 Å². The Balaban J connectivity index is 1.20. The normalized spacial score (nSPS) is 17.4. The zero-order valence-electron chi connectivity index (χ0n) is 23.8. The summed E-state index contributed by atoms with van der Waals surface area (Å²) in [5, 5.41) is 2.65. The molecule has 1 heterocycles. The highest BCUT2D eigenvalue weighted by Gasteiger charge is 2.38. The first-order valence-electron chi connectivity index (χ1n) is 15.2. The van der Waals surface area contributed by atoms with Crippen molar-refractivity contribution in [3.63, 3.8) is 0 Å². The third kappa shape index (κ3) is 3.73. The van der Waals surface area contributed by atoms with E-state index in [0.29, 0.717) is 5.92 Å². The summed E-state index contributed by atoms with van der Waals surface area (Å²) in [7, 11) is 0. The number of allylic oxidation sites excluding steroid dienone is 2. The van der Waals surface area contributed by atoms with Gasteiger partial charge in [0.1, 0.15) is 0 Å². The molecule has 0 spiro atoms. The highest BCUT2D eigenvalue weighted by Crippen LogP contribution is 2.52. The minimum Gasteiger partial charge on any atom is -0.333 e. The first kappa shape index (κ1) is 24.3. The van der Waals surface area contributed by atoms with E-state index >= 15 is 0 Å². The van der Waals surface area contributed by atoms with Gasteiger partial charge in [-0.05, 0) is 88.2 Å². The smallest absolute Gasteiger partial charge is 0.0629 e. The minimum atomic E-state index is 0.282. The van der Waals surface area contributed by atoms with Crippen molar-refractivity contribution in [2.45, 2.75) is 18.4 Å². The van der Waals surface area contributed by atoms with Crippen LogP contribution in [-0.2, 0) is 6.42 Å². The second-order valence-corrected chi connectivity index (χ2v) is 11.7.